The van der Waals surface area contributed by atoms with Crippen LogP contribution in [0.5, 0.6) is 0 Å². The molecule has 2 radical (unpaired) electrons. The first-order valence-corrected chi connectivity index (χ1v) is 20.1. The number of rotatable bonds is 9. The zero-order chi connectivity index (χ0) is 34.8. The minimum Gasteiger partial charge on any atom is -0.674 e. The van der Waals surface area contributed by atoms with Crippen LogP contribution in [0.2, 0.25) is 0 Å². The minimum atomic E-state index is -0.343. The van der Waals surface area contributed by atoms with E-state index in [0.717, 1.165) is 70.6 Å². The van der Waals surface area contributed by atoms with Gasteiger partial charge in [0.1, 0.15) is 0 Å². The number of nitrogens with zero attached hydrogens (tertiary/aromatic N) is 3. The molecule has 0 aromatic heterocycles. The third kappa shape index (κ3) is 6.75. The fraction of sp³-hybridized carbons (Fsp3) is 0.878. The molecule has 4 unspecified atom stereocenters. The van der Waals surface area contributed by atoms with Gasteiger partial charge in [0.15, 0.2) is 0 Å². The van der Waals surface area contributed by atoms with Crippen molar-refractivity contribution in [1.29, 1.82) is 0 Å². The molecule has 2 amide bonds. The van der Waals surface area contributed by atoms with Crippen molar-refractivity contribution >= 4 is 11.8 Å². The number of fused-ring (bicyclic) bond motifs is 2. The third-order valence-electron chi connectivity index (χ3n) is 16.4. The maximum Gasteiger partial charge on any atom is 0.301 e. The largest absolute Gasteiger partial charge is 0.674 e. The molecule has 2 saturated heterocycles. The molecule has 12 atom stereocenters. The summed E-state index contributed by atoms with van der Waals surface area (Å²) in [5, 5.41) is 0. The van der Waals surface area contributed by atoms with E-state index in [2.05, 4.69) is 16.3 Å². The van der Waals surface area contributed by atoms with Gasteiger partial charge in [0.25, 0.3) is 0 Å². The summed E-state index contributed by atoms with van der Waals surface area (Å²) in [7, 11) is 3.69. The van der Waals surface area contributed by atoms with Crippen LogP contribution in [0.3, 0.4) is 0 Å². The molecule has 0 aromatic carbocycles. The Kier molecular flexibility index (Phi) is 11.3. The number of methoxy groups -OCH3 is 2. The molecular weight excluding hydrogens is 804 g/mol. The molecule has 2 heterocycles. The molecule has 10 aliphatic carbocycles. The molecule has 10 saturated carbocycles. The second-order valence-electron chi connectivity index (χ2n) is 19.5. The molecule has 11 heteroatoms. The fourth-order valence-corrected chi connectivity index (χ4v) is 14.8. The Morgan fingerprint density at radius 2 is 1.15 bits per heavy atom. The van der Waals surface area contributed by atoms with Crippen molar-refractivity contribution in [3.8, 4) is 0 Å². The van der Waals surface area contributed by atoms with E-state index in [0.29, 0.717) is 60.4 Å². The van der Waals surface area contributed by atoms with Crippen molar-refractivity contribution in [1.82, 2.24) is 9.80 Å². The van der Waals surface area contributed by atoms with E-state index >= 15 is 0 Å². The van der Waals surface area contributed by atoms with Gasteiger partial charge in [-0.05, 0) is 143 Å². The average Bonchev–Trinajstić information content (AvgIpc) is 3.96. The van der Waals surface area contributed by atoms with Gasteiger partial charge < -0.3 is 25.8 Å². The zero-order valence-electron chi connectivity index (χ0n) is 31.6. The van der Waals surface area contributed by atoms with Crippen LogP contribution in [0.15, 0.2) is 12.7 Å². The van der Waals surface area contributed by atoms with Crippen LogP contribution in [0.1, 0.15) is 116 Å². The topological polar surface area (TPSA) is 111 Å². The van der Waals surface area contributed by atoms with Gasteiger partial charge in [-0.1, -0.05) is 6.08 Å². The first kappa shape index (κ1) is 40.4. The van der Waals surface area contributed by atoms with Crippen LogP contribution in [-0.2, 0) is 84.5 Å². The van der Waals surface area contributed by atoms with E-state index in [-0.39, 0.29) is 124 Å². The Labute approximate surface area is 362 Å². The van der Waals surface area contributed by atoms with Gasteiger partial charge >= 0.3 is 6.17 Å². The fourth-order valence-electron chi connectivity index (χ4n) is 14.8. The standard InChI is InChI=1S/C21H31N2O2.C20H28N3O2.2Y/c1-3-16-5-15-6-17(15)23(16)19(24)7-18(22)20-8-13-4-14(9-20)11-21(10-13,12-20)25-2;1-22-17-5-14-4-15(14)23(17)18(24)6-16(21)19-7-12-3-13(8-19)10-20(9-12,11-19)25-2;;/h3,13-18,22H,1,4-12H2,2H3;12-17,21H,3-11H2,2H3;;/q2*-1;;/t13?,14?,15-,16-,17+,18-,20?,21?;12?,13?,14-,15-,16+,17-,19?,20?;;/m10../s1. The maximum absolute atomic E-state index is 13.0. The first-order chi connectivity index (χ1) is 23.9. The summed E-state index contributed by atoms with van der Waals surface area (Å²) in [6.45, 7) is 11.3. The molecule has 8 bridgehead atoms. The molecule has 12 rings (SSSR count). The number of hydrogen-bond acceptors (Lipinski definition) is 4. The van der Waals surface area contributed by atoms with Crippen LogP contribution in [0, 0.1) is 52.9 Å². The SMILES string of the molecule is C=C[C@@H]1C[C@@H]2C[C@@H]2N1C(=O)C[C@@H]([NH-])C12CC3CC(CC(OC)(C3)C1)C2.[C-]#[N+][C@@H]1C[C@@H]2C[C@@H]2N1C(=O)C[C@@H]([NH-])C12CC3CC(CC(OC)(C3)C1)C2.[Y].[Y]. The number of hydrogen-bond donors (Lipinski definition) is 0. The van der Waals surface area contributed by atoms with Gasteiger partial charge in [-0.15, -0.1) is 18.7 Å². The third-order valence-corrected chi connectivity index (χ3v) is 16.4. The number of ether oxygens (including phenoxy) is 2. The molecular formula is C41H59N5O4Y2-2. The summed E-state index contributed by atoms with van der Waals surface area (Å²) in [6, 6.07) is 0.350. The van der Waals surface area contributed by atoms with E-state index in [1.54, 1.807) is 0 Å². The molecule has 2 aliphatic heterocycles. The van der Waals surface area contributed by atoms with E-state index in [4.69, 9.17) is 27.5 Å². The summed E-state index contributed by atoms with van der Waals surface area (Å²) in [5.74, 6) is 4.31. The molecule has 52 heavy (non-hydrogen) atoms. The van der Waals surface area contributed by atoms with Crippen LogP contribution in [0.4, 0.5) is 0 Å². The van der Waals surface area contributed by atoms with Crippen LogP contribution >= 0.6 is 0 Å². The van der Waals surface area contributed by atoms with E-state index in [1.165, 1.54) is 32.1 Å². The predicted molar refractivity (Wildman–Crippen MR) is 190 cm³/mol. The molecule has 0 spiro atoms. The summed E-state index contributed by atoms with van der Waals surface area (Å²) in [4.78, 5) is 33.6. The monoisotopic (exact) mass is 863 g/mol. The van der Waals surface area contributed by atoms with Crippen LogP contribution in [0.25, 0.3) is 16.3 Å². The van der Waals surface area contributed by atoms with Gasteiger partial charge in [-0.2, -0.15) is 0 Å². The van der Waals surface area contributed by atoms with Crippen molar-refractivity contribution in [3.05, 3.63) is 35.5 Å². The molecule has 0 aromatic rings. The zero-order valence-corrected chi connectivity index (χ0v) is 37.2. The summed E-state index contributed by atoms with van der Waals surface area (Å²) in [6.07, 6.45) is 20.3. The van der Waals surface area contributed by atoms with E-state index < -0.39 is 0 Å². The Bertz CT molecular complexity index is 1440. The van der Waals surface area contributed by atoms with Gasteiger partial charge in [0.05, 0.1) is 17.2 Å². The number of likely N-dealkylation sites (tertiary alicyclic amines) is 2. The normalized spacial score (nSPS) is 48.6. The van der Waals surface area contributed by atoms with Crippen LogP contribution < -0.4 is 0 Å². The molecule has 12 fully saturated rings. The predicted octanol–water partition coefficient (Wildman–Crippen LogP) is 7.60. The molecule has 9 nitrogen and oxygen atoms in total. The van der Waals surface area contributed by atoms with Gasteiger partial charge in [0, 0.05) is 111 Å². The van der Waals surface area contributed by atoms with E-state index in [9.17, 15) is 9.59 Å². The second-order valence-corrected chi connectivity index (χ2v) is 19.5. The van der Waals surface area contributed by atoms with Crippen molar-refractivity contribution < 1.29 is 84.5 Å². The Hall–Kier alpha value is 0.218. The van der Waals surface area contributed by atoms with Gasteiger partial charge in [0.2, 0.25) is 11.8 Å². The molecule has 12 aliphatic rings. The molecule has 280 valence electrons. The first-order valence-electron chi connectivity index (χ1n) is 20.1. The van der Waals surface area contributed by atoms with Crippen molar-refractivity contribution in [3.63, 3.8) is 0 Å². The Morgan fingerprint density at radius 3 is 1.58 bits per heavy atom. The number of amides is 2. The van der Waals surface area contributed by atoms with Gasteiger partial charge in [-0.25, -0.2) is 6.57 Å². The number of nitrogens with one attached hydrogen (secondary N) is 2. The van der Waals surface area contributed by atoms with E-state index in [1.807, 2.05) is 25.2 Å². The average molecular weight is 864 g/mol. The number of piperidine rings is 2. The quantitative estimate of drug-likeness (QED) is 0.176. The maximum atomic E-state index is 13.0. The van der Waals surface area contributed by atoms with Gasteiger partial charge in [-0.3, -0.25) is 19.3 Å². The summed E-state index contributed by atoms with van der Waals surface area (Å²) in [5.41, 5.74) is 17.9. The van der Waals surface area contributed by atoms with Crippen molar-refractivity contribution in [2.24, 2.45) is 46.3 Å². The van der Waals surface area contributed by atoms with Crippen LogP contribution in [-0.4, -0.2) is 83.4 Å². The smallest absolute Gasteiger partial charge is 0.301 e. The number of carbonyl (C=O) groups excluding carboxylic acids is 2. The van der Waals surface area contributed by atoms with Crippen molar-refractivity contribution in [2.75, 3.05) is 14.2 Å². The minimum absolute atomic E-state index is 0. The summed E-state index contributed by atoms with van der Waals surface area (Å²) >= 11 is 0. The number of carbonyl (C=O) groups is 2. The Morgan fingerprint density at radius 1 is 0.731 bits per heavy atom. The second kappa shape index (κ2) is 14.6. The molecule has 2 N–H and O–H groups in total. The Balaban J connectivity index is 0.000000156. The summed E-state index contributed by atoms with van der Waals surface area (Å²) < 4.78 is 12.0. The van der Waals surface area contributed by atoms with Crippen molar-refractivity contribution in [2.45, 2.75) is 163 Å².